The van der Waals surface area contributed by atoms with E-state index in [-0.39, 0.29) is 58.4 Å². The lowest BCUT2D eigenvalue weighted by Crippen LogP contribution is -2.56. The molecule has 4 saturated carbocycles. The van der Waals surface area contributed by atoms with Crippen molar-refractivity contribution in [1.29, 1.82) is 0 Å². The highest BCUT2D eigenvalue weighted by molar-refractivity contribution is 5.88. The summed E-state index contributed by atoms with van der Waals surface area (Å²) in [7, 11) is 3.13. The predicted molar refractivity (Wildman–Crippen MR) is 171 cm³/mol. The molecular formula is C36H56N2O8. The highest BCUT2D eigenvalue weighted by Crippen LogP contribution is 2.87. The number of nitrogens with one attached hydrogen (secondary N) is 2. The number of aliphatic hydroxyl groups excluding tert-OH is 1. The summed E-state index contributed by atoms with van der Waals surface area (Å²) in [6, 6.07) is 0. The van der Waals surface area contributed by atoms with Crippen molar-refractivity contribution in [2.75, 3.05) is 27.4 Å². The summed E-state index contributed by atoms with van der Waals surface area (Å²) in [6.45, 7) is 13.5. The molecule has 0 bridgehead atoms. The van der Waals surface area contributed by atoms with Crippen molar-refractivity contribution in [3.05, 3.63) is 23.4 Å². The van der Waals surface area contributed by atoms with Gasteiger partial charge in [-0.25, -0.2) is 5.48 Å². The van der Waals surface area contributed by atoms with E-state index in [1.807, 2.05) is 6.92 Å². The van der Waals surface area contributed by atoms with Crippen LogP contribution in [0, 0.1) is 57.2 Å². The fourth-order valence-electron chi connectivity index (χ4n) is 11.6. The quantitative estimate of drug-likeness (QED) is 0.192. The molecule has 258 valence electrons. The van der Waals surface area contributed by atoms with Crippen LogP contribution in [0.4, 0.5) is 0 Å². The summed E-state index contributed by atoms with van der Waals surface area (Å²) < 4.78 is 12.1. The molecular weight excluding hydrogens is 588 g/mol. The lowest BCUT2D eigenvalue weighted by molar-refractivity contribution is -0.169. The molecule has 2 spiro atoms. The van der Waals surface area contributed by atoms with Crippen LogP contribution in [0.25, 0.3) is 0 Å². The molecule has 0 amide bonds. The maximum atomic E-state index is 14.3. The third kappa shape index (κ3) is 5.17. The van der Waals surface area contributed by atoms with E-state index in [0.717, 1.165) is 37.8 Å². The van der Waals surface area contributed by atoms with Crippen molar-refractivity contribution in [2.24, 2.45) is 57.2 Å². The molecule has 0 aromatic heterocycles. The normalized spacial score (nSPS) is 40.0. The lowest BCUT2D eigenvalue weighted by atomic mass is 9.43. The summed E-state index contributed by atoms with van der Waals surface area (Å²) in [5.41, 5.74) is 8.16. The van der Waals surface area contributed by atoms with Crippen LogP contribution in [0.2, 0.25) is 0 Å². The van der Waals surface area contributed by atoms with Gasteiger partial charge in [0.1, 0.15) is 6.10 Å². The maximum Gasteiger partial charge on any atom is 0.303 e. The minimum Gasteiger partial charge on any atom is -0.462 e. The fraction of sp³-hybridized carbons (Fsp3) is 0.806. The predicted octanol–water partition coefficient (Wildman–Crippen LogP) is 4.67. The average molecular weight is 645 g/mol. The number of hydrogen-bond donors (Lipinski definition) is 3. The number of carbonyl (C=O) groups excluding carboxylic acids is 3. The molecule has 46 heavy (non-hydrogen) atoms. The summed E-state index contributed by atoms with van der Waals surface area (Å²) in [4.78, 5) is 49.8. The average Bonchev–Trinajstić information content (AvgIpc) is 3.60. The first-order valence-electron chi connectivity index (χ1n) is 17.1. The zero-order chi connectivity index (χ0) is 33.8. The van der Waals surface area contributed by atoms with Crippen molar-refractivity contribution in [3.63, 3.8) is 0 Å². The summed E-state index contributed by atoms with van der Waals surface area (Å²) in [5.74, 6) is -1.89. The van der Waals surface area contributed by atoms with E-state index in [4.69, 9.17) is 19.1 Å². The van der Waals surface area contributed by atoms with E-state index < -0.39 is 30.0 Å². The highest BCUT2D eigenvalue weighted by Gasteiger charge is 2.81. The van der Waals surface area contributed by atoms with Crippen LogP contribution >= 0.6 is 0 Å². The van der Waals surface area contributed by atoms with Gasteiger partial charge < -0.3 is 19.4 Å². The second-order valence-electron chi connectivity index (χ2n) is 15.6. The minimum absolute atomic E-state index is 0.127. The van der Waals surface area contributed by atoms with Crippen LogP contribution in [0.1, 0.15) is 87.0 Å². The molecule has 0 aromatic rings. The van der Waals surface area contributed by atoms with Crippen molar-refractivity contribution in [3.8, 4) is 0 Å². The number of fused-ring (bicyclic) bond motifs is 2. The number of Topliss-reactive ketones (excluding diaryl/α,β-unsaturated/α-hetero) is 1. The van der Waals surface area contributed by atoms with Gasteiger partial charge >= 0.3 is 11.9 Å². The van der Waals surface area contributed by atoms with Crippen molar-refractivity contribution >= 4 is 17.7 Å². The van der Waals surface area contributed by atoms with Crippen molar-refractivity contribution in [2.45, 2.75) is 99.2 Å². The van der Waals surface area contributed by atoms with Crippen LogP contribution in [0.5, 0.6) is 0 Å². The Morgan fingerprint density at radius 3 is 2.37 bits per heavy atom. The topological polar surface area (TPSA) is 132 Å². The van der Waals surface area contributed by atoms with Gasteiger partial charge in [-0.15, -0.1) is 0 Å². The number of hydrogen-bond acceptors (Lipinski definition) is 10. The first kappa shape index (κ1) is 35.0. The number of aliphatic hydroxyl groups is 1. The standard InChI is InChI=1S/C36H56N2O8/c1-20(18-39)25(17-37-43-8)31(42)32(46-24(5)41)22(3)30-28(45-23(4)40)16-34(7)29-11-10-26-21(2)27(38-44-9)12-13-35(26)19-36(29,35)15-14-33(30,34)6/h12-13,20,22,25-26,28-30,32,37-39H,10-11,14-19H2,1-9H3/t20-,22-,25?,26-,28-,29-,30-,32+,33+,34-,35+,36-/m0/s1. The molecule has 10 nitrogen and oxygen atoms in total. The first-order chi connectivity index (χ1) is 21.7. The molecule has 0 saturated heterocycles. The second kappa shape index (κ2) is 12.6. The highest BCUT2D eigenvalue weighted by atomic mass is 16.6. The number of rotatable bonds is 13. The molecule has 0 aromatic carbocycles. The van der Waals surface area contributed by atoms with E-state index in [9.17, 15) is 19.5 Å². The maximum absolute atomic E-state index is 14.3. The molecule has 12 atom stereocenters. The van der Waals surface area contributed by atoms with Gasteiger partial charge in [0, 0.05) is 50.2 Å². The van der Waals surface area contributed by atoms with Crippen LogP contribution < -0.4 is 11.0 Å². The number of hydroxylamine groups is 2. The van der Waals surface area contributed by atoms with Gasteiger partial charge in [0.2, 0.25) is 0 Å². The van der Waals surface area contributed by atoms with Gasteiger partial charge in [-0.3, -0.25) is 24.7 Å². The molecule has 5 rings (SSSR count). The van der Waals surface area contributed by atoms with Crippen LogP contribution in [-0.4, -0.2) is 62.4 Å². The number of esters is 2. The summed E-state index contributed by atoms with van der Waals surface area (Å²) in [5, 5.41) is 10.0. The molecule has 10 heteroatoms. The minimum atomic E-state index is -1.06. The van der Waals surface area contributed by atoms with Gasteiger partial charge in [-0.2, -0.15) is 0 Å². The van der Waals surface area contributed by atoms with Gasteiger partial charge in [0.15, 0.2) is 11.9 Å². The van der Waals surface area contributed by atoms with Gasteiger partial charge in [0.25, 0.3) is 0 Å². The largest absolute Gasteiger partial charge is 0.462 e. The van der Waals surface area contributed by atoms with E-state index in [1.165, 1.54) is 26.5 Å². The van der Waals surface area contributed by atoms with E-state index in [1.54, 1.807) is 14.0 Å². The van der Waals surface area contributed by atoms with Gasteiger partial charge in [0.05, 0.1) is 19.9 Å². The Hall–Kier alpha value is -2.27. The second-order valence-corrected chi connectivity index (χ2v) is 15.6. The molecule has 5 aliphatic rings. The number of carbonyl (C=O) groups is 3. The van der Waals surface area contributed by atoms with Crippen LogP contribution in [-0.2, 0) is 33.5 Å². The van der Waals surface area contributed by atoms with Crippen LogP contribution in [0.3, 0.4) is 0 Å². The zero-order valence-corrected chi connectivity index (χ0v) is 29.2. The monoisotopic (exact) mass is 644 g/mol. The molecule has 1 unspecified atom stereocenters. The Morgan fingerprint density at radius 2 is 1.76 bits per heavy atom. The van der Waals surface area contributed by atoms with E-state index in [2.05, 4.69) is 43.9 Å². The fourth-order valence-corrected chi connectivity index (χ4v) is 11.6. The zero-order valence-electron chi connectivity index (χ0n) is 29.2. The lowest BCUT2D eigenvalue weighted by Gasteiger charge is -2.60. The molecule has 0 heterocycles. The van der Waals surface area contributed by atoms with E-state index >= 15 is 0 Å². The number of allylic oxidation sites excluding steroid dienone is 3. The van der Waals surface area contributed by atoms with Crippen molar-refractivity contribution in [1.82, 2.24) is 11.0 Å². The SMILES string of the molecule is CONCC(C(=O)[C@H](OC(C)=O)[C@@H](C)[C@H]1[C@@H](OC(C)=O)C[C@@]2(C)[C@@H]3CC[C@H]4C(C)=C(NOC)C=C[C@@]45C[C@@]35CC[C@]12C)[C@@H](C)CO. The molecule has 0 aliphatic heterocycles. The Kier molecular flexibility index (Phi) is 9.63. The summed E-state index contributed by atoms with van der Waals surface area (Å²) >= 11 is 0. The van der Waals surface area contributed by atoms with Crippen molar-refractivity contribution < 1.29 is 38.6 Å². The van der Waals surface area contributed by atoms with Gasteiger partial charge in [-0.05, 0) is 91.1 Å². The Bertz CT molecular complexity index is 1280. The Morgan fingerprint density at radius 1 is 1.04 bits per heavy atom. The van der Waals surface area contributed by atoms with E-state index in [0.29, 0.717) is 18.3 Å². The van der Waals surface area contributed by atoms with Gasteiger partial charge in [-0.1, -0.05) is 33.8 Å². The number of ketones is 1. The first-order valence-corrected chi connectivity index (χ1v) is 17.1. The third-order valence-electron chi connectivity index (χ3n) is 13.8. The Labute approximate surface area is 274 Å². The smallest absolute Gasteiger partial charge is 0.303 e. The Balaban J connectivity index is 1.52. The molecule has 5 aliphatic carbocycles. The third-order valence-corrected chi connectivity index (χ3v) is 13.8. The molecule has 0 radical (unpaired) electrons. The van der Waals surface area contributed by atoms with Crippen LogP contribution in [0.15, 0.2) is 23.4 Å². The molecule has 3 N–H and O–H groups in total. The summed E-state index contributed by atoms with van der Waals surface area (Å²) in [6.07, 6.45) is 9.24. The molecule has 4 fully saturated rings. The number of ether oxygens (including phenoxy) is 2.